The topological polar surface area (TPSA) is 137 Å². The summed E-state index contributed by atoms with van der Waals surface area (Å²) in [6.07, 6.45) is 1.88. The van der Waals surface area contributed by atoms with Crippen LogP contribution in [0.15, 0.2) is 4.99 Å². The molecule has 0 saturated heterocycles. The minimum Gasteiger partial charge on any atom is -0.480 e. The predicted molar refractivity (Wildman–Crippen MR) is 84.5 cm³/mol. The summed E-state index contributed by atoms with van der Waals surface area (Å²) in [5.41, 5.74) is 7.56. The molecule has 0 rings (SSSR count). The van der Waals surface area contributed by atoms with E-state index in [1.165, 1.54) is 6.92 Å². The van der Waals surface area contributed by atoms with Crippen LogP contribution in [-0.4, -0.2) is 46.7 Å². The molecule has 1 amide bonds. The lowest BCUT2D eigenvalue weighted by Gasteiger charge is -2.14. The fraction of sp³-hybridized carbons (Fsp3) is 0.727. The van der Waals surface area contributed by atoms with Gasteiger partial charge in [0.25, 0.3) is 0 Å². The Morgan fingerprint density at radius 1 is 1.29 bits per heavy atom. The quantitative estimate of drug-likeness (QED) is 0.186. The van der Waals surface area contributed by atoms with Gasteiger partial charge < -0.3 is 16.2 Å². The third-order valence-corrected chi connectivity index (χ3v) is 2.50. The molecular weight excluding hydrogens is 323 g/mol. The molecule has 0 aliphatic heterocycles. The van der Waals surface area contributed by atoms with Gasteiger partial charge in [0, 0.05) is 6.54 Å². The van der Waals surface area contributed by atoms with Crippen LogP contribution in [0.2, 0.25) is 0 Å². The summed E-state index contributed by atoms with van der Waals surface area (Å²) >= 11 is 0. The molecule has 6 N–H and O–H groups in total. The minimum atomic E-state index is -1.10. The Hall–Kier alpha value is -1.09. The highest BCUT2D eigenvalue weighted by Gasteiger charge is 2.18. The number of carboxylic acid groups (broad SMARTS) is 1. The second-order valence-corrected chi connectivity index (χ2v) is 4.25. The first-order chi connectivity index (χ1) is 8.88. The lowest BCUT2D eigenvalue weighted by molar-refractivity contribution is -0.141. The molecule has 0 spiro atoms. The lowest BCUT2D eigenvalue weighted by atomic mass is 10.1. The van der Waals surface area contributed by atoms with E-state index in [-0.39, 0.29) is 24.8 Å². The summed E-state index contributed by atoms with van der Waals surface area (Å²) in [7, 11) is 0. The number of nitrogens with two attached hydrogens (primary N) is 1. The molecule has 0 bridgehead atoms. The molecule has 0 aromatic heterocycles. The Balaban J connectivity index is -0.00000162. The summed E-state index contributed by atoms with van der Waals surface area (Å²) in [6.45, 7) is 3.54. The summed E-state index contributed by atoms with van der Waals surface area (Å²) < 4.78 is 0. The molecule has 0 radical (unpaired) electrons. The smallest absolute Gasteiger partial charge is 0.325 e. The molecule has 126 valence electrons. The summed E-state index contributed by atoms with van der Waals surface area (Å²) in [6, 6.07) is -1.66. The SMILES string of the molecule is CC(=NCCCC[C@H](N)C(=O)N[C@@H](C)C(=O)O)NO.Cl.Cl. The lowest BCUT2D eigenvalue weighted by Crippen LogP contribution is -2.47. The average Bonchev–Trinajstić information content (AvgIpc) is 2.37. The van der Waals surface area contributed by atoms with E-state index in [2.05, 4.69) is 10.3 Å². The van der Waals surface area contributed by atoms with Gasteiger partial charge in [-0.25, -0.2) is 0 Å². The number of aliphatic carboxylic acids is 1. The number of amidine groups is 1. The number of hydroxylamine groups is 1. The minimum absolute atomic E-state index is 0. The van der Waals surface area contributed by atoms with Gasteiger partial charge in [-0.15, -0.1) is 24.8 Å². The Morgan fingerprint density at radius 2 is 1.86 bits per heavy atom. The number of hydrogen-bond donors (Lipinski definition) is 5. The summed E-state index contributed by atoms with van der Waals surface area (Å²) in [5.74, 6) is -1.13. The van der Waals surface area contributed by atoms with Crippen molar-refractivity contribution in [3.63, 3.8) is 0 Å². The van der Waals surface area contributed by atoms with Crippen molar-refractivity contribution in [1.29, 1.82) is 0 Å². The van der Waals surface area contributed by atoms with Gasteiger partial charge in [0.1, 0.15) is 11.9 Å². The van der Waals surface area contributed by atoms with Crippen LogP contribution in [-0.2, 0) is 9.59 Å². The Kier molecular flexibility index (Phi) is 16.4. The van der Waals surface area contributed by atoms with E-state index in [4.69, 9.17) is 16.0 Å². The van der Waals surface area contributed by atoms with Gasteiger partial charge in [-0.3, -0.25) is 25.3 Å². The van der Waals surface area contributed by atoms with E-state index >= 15 is 0 Å². The molecule has 0 heterocycles. The molecule has 0 aliphatic carbocycles. The molecule has 0 unspecified atom stereocenters. The van der Waals surface area contributed by atoms with Crippen LogP contribution >= 0.6 is 24.8 Å². The maximum Gasteiger partial charge on any atom is 0.325 e. The van der Waals surface area contributed by atoms with E-state index in [9.17, 15) is 9.59 Å². The Morgan fingerprint density at radius 3 is 2.33 bits per heavy atom. The van der Waals surface area contributed by atoms with Crippen LogP contribution < -0.4 is 16.5 Å². The first kappa shape index (κ1) is 24.9. The normalized spacial score (nSPS) is 13.2. The third-order valence-electron chi connectivity index (χ3n) is 2.50. The predicted octanol–water partition coefficient (Wildman–Crippen LogP) is 0.314. The highest BCUT2D eigenvalue weighted by molar-refractivity contribution is 5.86. The molecule has 0 fully saturated rings. The average molecular weight is 347 g/mol. The zero-order chi connectivity index (χ0) is 14.8. The van der Waals surface area contributed by atoms with Crippen LogP contribution in [0.25, 0.3) is 0 Å². The van der Waals surface area contributed by atoms with Gasteiger partial charge in [0.2, 0.25) is 5.91 Å². The molecular formula is C11H24Cl2N4O4. The molecule has 8 nitrogen and oxygen atoms in total. The van der Waals surface area contributed by atoms with Gasteiger partial charge in [0.15, 0.2) is 0 Å². The van der Waals surface area contributed by atoms with Gasteiger partial charge in [-0.2, -0.15) is 0 Å². The van der Waals surface area contributed by atoms with Gasteiger partial charge in [0.05, 0.1) is 6.04 Å². The number of rotatable bonds is 8. The first-order valence-electron chi connectivity index (χ1n) is 6.08. The summed E-state index contributed by atoms with van der Waals surface area (Å²) in [5, 5.41) is 19.4. The van der Waals surface area contributed by atoms with E-state index in [1.54, 1.807) is 6.92 Å². The van der Waals surface area contributed by atoms with E-state index in [0.29, 0.717) is 25.2 Å². The number of unbranched alkanes of at least 4 members (excludes halogenated alkanes) is 1. The maximum absolute atomic E-state index is 11.5. The largest absolute Gasteiger partial charge is 0.480 e. The second-order valence-electron chi connectivity index (χ2n) is 4.25. The van der Waals surface area contributed by atoms with Crippen LogP contribution in [0.4, 0.5) is 0 Å². The number of aliphatic imine (C=N–C) groups is 1. The summed E-state index contributed by atoms with van der Waals surface area (Å²) in [4.78, 5) is 26.1. The zero-order valence-electron chi connectivity index (χ0n) is 12.0. The molecule has 0 saturated carbocycles. The fourth-order valence-corrected chi connectivity index (χ4v) is 1.27. The van der Waals surface area contributed by atoms with E-state index in [1.807, 2.05) is 5.48 Å². The van der Waals surface area contributed by atoms with Crippen molar-refractivity contribution < 1.29 is 19.9 Å². The molecule has 0 aromatic carbocycles. The van der Waals surface area contributed by atoms with Crippen molar-refractivity contribution >= 4 is 42.5 Å². The number of halogens is 2. The Labute approximate surface area is 136 Å². The van der Waals surface area contributed by atoms with E-state index in [0.717, 1.165) is 6.42 Å². The van der Waals surface area contributed by atoms with Crippen molar-refractivity contribution in [2.45, 2.75) is 45.2 Å². The van der Waals surface area contributed by atoms with Crippen molar-refractivity contribution in [2.75, 3.05) is 6.54 Å². The second kappa shape index (κ2) is 13.9. The highest BCUT2D eigenvalue weighted by Crippen LogP contribution is 2.00. The van der Waals surface area contributed by atoms with Crippen LogP contribution in [0.3, 0.4) is 0 Å². The van der Waals surface area contributed by atoms with Crippen LogP contribution in [0.5, 0.6) is 0 Å². The zero-order valence-corrected chi connectivity index (χ0v) is 13.7. The fourth-order valence-electron chi connectivity index (χ4n) is 1.27. The highest BCUT2D eigenvalue weighted by atomic mass is 35.5. The molecule has 21 heavy (non-hydrogen) atoms. The Bertz CT molecular complexity index is 342. The number of nitrogens with one attached hydrogen (secondary N) is 2. The number of carboxylic acids is 1. The molecule has 0 aromatic rings. The maximum atomic E-state index is 11.5. The van der Waals surface area contributed by atoms with Crippen LogP contribution in [0.1, 0.15) is 33.1 Å². The van der Waals surface area contributed by atoms with Gasteiger partial charge in [-0.05, 0) is 33.1 Å². The molecule has 2 atom stereocenters. The van der Waals surface area contributed by atoms with Crippen molar-refractivity contribution in [2.24, 2.45) is 10.7 Å². The number of hydrogen-bond acceptors (Lipinski definition) is 5. The molecule has 0 aliphatic rings. The van der Waals surface area contributed by atoms with Gasteiger partial charge >= 0.3 is 5.97 Å². The van der Waals surface area contributed by atoms with Crippen molar-refractivity contribution in [3.8, 4) is 0 Å². The van der Waals surface area contributed by atoms with Gasteiger partial charge in [-0.1, -0.05) is 0 Å². The number of carbonyl (C=O) groups excluding carboxylic acids is 1. The van der Waals surface area contributed by atoms with Crippen molar-refractivity contribution in [1.82, 2.24) is 10.8 Å². The van der Waals surface area contributed by atoms with E-state index < -0.39 is 24.0 Å². The molecule has 10 heteroatoms. The number of nitrogens with zero attached hydrogens (tertiary/aromatic N) is 1. The first-order valence-corrected chi connectivity index (χ1v) is 6.08. The standard InChI is InChI=1S/C11H22N4O4.2ClH/c1-7(11(17)18)14-10(16)9(12)5-3-4-6-13-8(2)15-19;;/h7,9,19H,3-6,12H2,1-2H3,(H,13,15)(H,14,16)(H,17,18);2*1H/t7-,9-;;/m0../s1. The monoisotopic (exact) mass is 346 g/mol. The number of amides is 1. The van der Waals surface area contributed by atoms with Crippen molar-refractivity contribution in [3.05, 3.63) is 0 Å². The number of carbonyl (C=O) groups is 2. The van der Waals surface area contributed by atoms with Crippen LogP contribution in [0, 0.1) is 0 Å². The third kappa shape index (κ3) is 12.4.